The summed E-state index contributed by atoms with van der Waals surface area (Å²) in [5, 5.41) is 11.9. The molecule has 7 heteroatoms. The third kappa shape index (κ3) is 5.16. The Kier molecular flexibility index (Phi) is 6.38. The van der Waals surface area contributed by atoms with Crippen molar-refractivity contribution >= 4 is 17.3 Å². The maximum atomic E-state index is 4.61. The largest absolute Gasteiger partial charge is 0.357 e. The van der Waals surface area contributed by atoms with Crippen molar-refractivity contribution in [1.29, 1.82) is 0 Å². The predicted molar refractivity (Wildman–Crippen MR) is 107 cm³/mol. The molecule has 0 saturated heterocycles. The highest BCUT2D eigenvalue weighted by molar-refractivity contribution is 7.11. The topological polar surface area (TPSA) is 67.1 Å². The van der Waals surface area contributed by atoms with Gasteiger partial charge in [0.25, 0.3) is 0 Å². The van der Waals surface area contributed by atoms with Gasteiger partial charge in [-0.25, -0.2) is 14.7 Å². The zero-order valence-electron chi connectivity index (χ0n) is 15.1. The summed E-state index contributed by atoms with van der Waals surface area (Å²) in [7, 11) is 0. The van der Waals surface area contributed by atoms with Crippen molar-refractivity contribution in [3.8, 4) is 5.69 Å². The normalized spacial score (nSPS) is 11.5. The highest BCUT2D eigenvalue weighted by Crippen LogP contribution is 2.12. The summed E-state index contributed by atoms with van der Waals surface area (Å²) >= 11 is 1.69. The van der Waals surface area contributed by atoms with Crippen LogP contribution in [0.2, 0.25) is 0 Å². The average molecular weight is 369 g/mol. The van der Waals surface area contributed by atoms with Crippen LogP contribution in [0.25, 0.3) is 5.69 Å². The van der Waals surface area contributed by atoms with Gasteiger partial charge in [0.1, 0.15) is 5.01 Å². The third-order valence-electron chi connectivity index (χ3n) is 3.80. The van der Waals surface area contributed by atoms with Gasteiger partial charge in [-0.05, 0) is 44.0 Å². The zero-order valence-corrected chi connectivity index (χ0v) is 16.0. The molecule has 0 saturated carbocycles. The van der Waals surface area contributed by atoms with Crippen LogP contribution >= 0.6 is 11.3 Å². The molecule has 0 aliphatic heterocycles. The molecule has 2 N–H and O–H groups in total. The van der Waals surface area contributed by atoms with Gasteiger partial charge < -0.3 is 10.6 Å². The van der Waals surface area contributed by atoms with Crippen molar-refractivity contribution in [1.82, 2.24) is 25.4 Å². The Morgan fingerprint density at radius 1 is 1.23 bits per heavy atom. The molecular formula is C19H24N6S. The van der Waals surface area contributed by atoms with Gasteiger partial charge in [0.15, 0.2) is 5.96 Å². The number of rotatable bonds is 7. The summed E-state index contributed by atoms with van der Waals surface area (Å²) in [5.41, 5.74) is 2.35. The molecule has 1 aromatic carbocycles. The first-order valence-corrected chi connectivity index (χ1v) is 9.58. The van der Waals surface area contributed by atoms with Gasteiger partial charge >= 0.3 is 0 Å². The molecule has 0 bridgehead atoms. The minimum Gasteiger partial charge on any atom is -0.357 e. The quantitative estimate of drug-likeness (QED) is 0.497. The van der Waals surface area contributed by atoms with Crippen molar-refractivity contribution in [2.75, 3.05) is 13.1 Å². The molecule has 3 rings (SSSR count). The van der Waals surface area contributed by atoms with E-state index in [2.05, 4.69) is 63.8 Å². The van der Waals surface area contributed by atoms with E-state index in [1.54, 1.807) is 17.5 Å². The van der Waals surface area contributed by atoms with E-state index in [1.807, 2.05) is 23.1 Å². The van der Waals surface area contributed by atoms with E-state index in [4.69, 9.17) is 0 Å². The maximum Gasteiger partial charge on any atom is 0.191 e. The average Bonchev–Trinajstić information content (AvgIpc) is 3.32. The molecule has 0 aliphatic carbocycles. The second-order valence-electron chi connectivity index (χ2n) is 5.85. The third-order valence-corrected chi connectivity index (χ3v) is 4.69. The molecule has 2 heterocycles. The molecule has 0 radical (unpaired) electrons. The number of benzene rings is 1. The van der Waals surface area contributed by atoms with Gasteiger partial charge in [-0.1, -0.05) is 12.1 Å². The van der Waals surface area contributed by atoms with Crippen LogP contribution in [0.5, 0.6) is 0 Å². The van der Waals surface area contributed by atoms with Crippen LogP contribution in [0.15, 0.2) is 53.9 Å². The van der Waals surface area contributed by atoms with Gasteiger partial charge in [-0.3, -0.25) is 0 Å². The standard InChI is InChI=1S/C19H24N6S/c1-3-20-19(23-14-18-22-13-15(2)26-18)21-11-9-16-5-7-17(8-6-16)25-12-4-10-24-25/h4-8,10,12-13H,3,9,11,14H2,1-2H3,(H2,20,21,23). The van der Waals surface area contributed by atoms with Crippen LogP contribution in [0.1, 0.15) is 22.4 Å². The van der Waals surface area contributed by atoms with E-state index >= 15 is 0 Å². The number of nitrogens with one attached hydrogen (secondary N) is 2. The van der Waals surface area contributed by atoms with E-state index in [0.717, 1.165) is 36.2 Å². The Balaban J connectivity index is 1.51. The maximum absolute atomic E-state index is 4.61. The summed E-state index contributed by atoms with van der Waals surface area (Å²) in [6, 6.07) is 10.4. The minimum atomic E-state index is 0.604. The van der Waals surface area contributed by atoms with Gasteiger partial charge in [0.05, 0.1) is 12.2 Å². The number of guanidine groups is 1. The zero-order chi connectivity index (χ0) is 18.2. The number of nitrogens with zero attached hydrogens (tertiary/aromatic N) is 4. The number of aryl methyl sites for hydroxylation is 1. The number of aliphatic imine (C=N–C) groups is 1. The second kappa shape index (κ2) is 9.15. The summed E-state index contributed by atoms with van der Waals surface area (Å²) in [6.45, 7) is 6.39. The predicted octanol–water partition coefficient (Wildman–Crippen LogP) is 2.94. The first kappa shape index (κ1) is 18.1. The Morgan fingerprint density at radius 3 is 2.73 bits per heavy atom. The molecule has 2 aromatic heterocycles. The minimum absolute atomic E-state index is 0.604. The summed E-state index contributed by atoms with van der Waals surface area (Å²) in [4.78, 5) is 10.2. The summed E-state index contributed by atoms with van der Waals surface area (Å²) in [6.07, 6.45) is 6.55. The first-order chi connectivity index (χ1) is 12.7. The van der Waals surface area contributed by atoms with Crippen LogP contribution in [0, 0.1) is 6.92 Å². The van der Waals surface area contributed by atoms with E-state index in [-0.39, 0.29) is 0 Å². The fourth-order valence-corrected chi connectivity index (χ4v) is 3.24. The smallest absolute Gasteiger partial charge is 0.191 e. The Labute approximate surface area is 158 Å². The lowest BCUT2D eigenvalue weighted by Crippen LogP contribution is -2.38. The molecule has 136 valence electrons. The van der Waals surface area contributed by atoms with Crippen molar-refractivity contribution in [2.45, 2.75) is 26.8 Å². The van der Waals surface area contributed by atoms with E-state index in [0.29, 0.717) is 6.54 Å². The molecule has 0 fully saturated rings. The molecule has 0 unspecified atom stereocenters. The van der Waals surface area contributed by atoms with Crippen molar-refractivity contribution in [2.24, 2.45) is 4.99 Å². The van der Waals surface area contributed by atoms with Crippen LogP contribution in [0.3, 0.4) is 0 Å². The highest BCUT2D eigenvalue weighted by Gasteiger charge is 2.01. The SMILES string of the molecule is CCNC(=NCc1ncc(C)s1)NCCc1ccc(-n2cccn2)cc1. The van der Waals surface area contributed by atoms with Gasteiger partial charge in [-0.2, -0.15) is 5.10 Å². The lowest BCUT2D eigenvalue weighted by molar-refractivity contribution is 0.798. The highest BCUT2D eigenvalue weighted by atomic mass is 32.1. The fraction of sp³-hybridized carbons (Fsp3) is 0.316. The summed E-state index contributed by atoms with van der Waals surface area (Å²) in [5.74, 6) is 0.827. The Morgan fingerprint density at radius 2 is 2.08 bits per heavy atom. The Hall–Kier alpha value is -2.67. The van der Waals surface area contributed by atoms with Gasteiger partial charge in [-0.15, -0.1) is 11.3 Å². The summed E-state index contributed by atoms with van der Waals surface area (Å²) < 4.78 is 1.86. The van der Waals surface area contributed by atoms with E-state index < -0.39 is 0 Å². The van der Waals surface area contributed by atoms with Crippen LogP contribution in [-0.4, -0.2) is 33.8 Å². The number of aromatic nitrogens is 3. The molecule has 6 nitrogen and oxygen atoms in total. The monoisotopic (exact) mass is 368 g/mol. The lowest BCUT2D eigenvalue weighted by Gasteiger charge is -2.11. The molecular weight excluding hydrogens is 344 g/mol. The Bertz CT molecular complexity index is 820. The molecule has 0 amide bonds. The number of hydrogen-bond acceptors (Lipinski definition) is 4. The van der Waals surface area contributed by atoms with Gasteiger partial charge in [0.2, 0.25) is 0 Å². The van der Waals surface area contributed by atoms with Gasteiger partial charge in [0, 0.05) is 36.6 Å². The van der Waals surface area contributed by atoms with Crippen molar-refractivity contribution in [3.63, 3.8) is 0 Å². The van der Waals surface area contributed by atoms with Crippen molar-refractivity contribution < 1.29 is 0 Å². The lowest BCUT2D eigenvalue weighted by atomic mass is 10.1. The van der Waals surface area contributed by atoms with Crippen LogP contribution in [-0.2, 0) is 13.0 Å². The van der Waals surface area contributed by atoms with E-state index in [9.17, 15) is 0 Å². The van der Waals surface area contributed by atoms with Crippen LogP contribution in [0.4, 0.5) is 0 Å². The van der Waals surface area contributed by atoms with E-state index in [1.165, 1.54) is 10.4 Å². The fourth-order valence-electron chi connectivity index (χ4n) is 2.53. The number of thiazole rings is 1. The molecule has 3 aromatic rings. The second-order valence-corrected chi connectivity index (χ2v) is 7.17. The molecule has 0 aliphatic rings. The molecule has 26 heavy (non-hydrogen) atoms. The van der Waals surface area contributed by atoms with Crippen molar-refractivity contribution in [3.05, 3.63) is 64.4 Å². The van der Waals surface area contributed by atoms with Crippen LogP contribution < -0.4 is 10.6 Å². The first-order valence-electron chi connectivity index (χ1n) is 8.77. The molecule has 0 atom stereocenters. The molecule has 0 spiro atoms. The number of hydrogen-bond donors (Lipinski definition) is 2.